The topological polar surface area (TPSA) is 49.8 Å². The highest BCUT2D eigenvalue weighted by atomic mass is 16.5. The molecule has 0 saturated carbocycles. The minimum Gasteiger partial charge on any atom is -0.466 e. The molecule has 0 heterocycles. The highest BCUT2D eigenvalue weighted by Crippen LogP contribution is 2.04. The van der Waals surface area contributed by atoms with E-state index in [1.54, 1.807) is 0 Å². The van der Waals surface area contributed by atoms with Gasteiger partial charge in [0.05, 0.1) is 7.11 Å². The van der Waals surface area contributed by atoms with E-state index in [0.29, 0.717) is 6.42 Å². The Morgan fingerprint density at radius 3 is 2.59 bits per heavy atom. The van der Waals surface area contributed by atoms with Gasteiger partial charge in [0.25, 0.3) is 0 Å². The largest absolute Gasteiger partial charge is 0.466 e. The van der Waals surface area contributed by atoms with Crippen molar-refractivity contribution in [2.24, 2.45) is 0 Å². The Kier molecular flexibility index (Phi) is 9.77. The molecule has 0 aliphatic carbocycles. The van der Waals surface area contributed by atoms with E-state index >= 15 is 0 Å². The van der Waals surface area contributed by atoms with E-state index in [9.17, 15) is 4.79 Å². The van der Waals surface area contributed by atoms with E-state index in [1.165, 1.54) is 7.11 Å². The second kappa shape index (κ2) is 10.3. The maximum Gasteiger partial charge on any atom is 0.333 e. The number of unbranched alkanes of at least 4 members (excludes halogenated alkanes) is 2. The van der Waals surface area contributed by atoms with Crippen LogP contribution in [0.1, 0.15) is 32.6 Å². The number of esters is 1. The standard InChI is InChI=1S/C13H25NO3/c1-4-12(13(16)17-3)8-10-14(2)9-6-5-7-11-15/h8,15H,4-7,9-11H2,1-3H3. The number of aliphatic hydroxyl groups excluding tert-OH is 1. The van der Waals surface area contributed by atoms with Crippen LogP contribution in [0, 0.1) is 0 Å². The van der Waals surface area contributed by atoms with Crippen LogP contribution in [0.2, 0.25) is 0 Å². The molecule has 0 unspecified atom stereocenters. The number of ether oxygens (including phenoxy) is 1. The fourth-order valence-electron chi connectivity index (χ4n) is 1.53. The molecule has 0 aliphatic rings. The Balaban J connectivity index is 3.89. The molecule has 0 fully saturated rings. The Bertz CT molecular complexity index is 239. The molecule has 0 rings (SSSR count). The number of hydrogen-bond acceptors (Lipinski definition) is 4. The van der Waals surface area contributed by atoms with Crippen molar-refractivity contribution in [2.45, 2.75) is 32.6 Å². The number of rotatable bonds is 9. The zero-order valence-corrected chi connectivity index (χ0v) is 11.2. The molecule has 0 amide bonds. The van der Waals surface area contributed by atoms with Crippen molar-refractivity contribution in [3.8, 4) is 0 Å². The fraction of sp³-hybridized carbons (Fsp3) is 0.769. The van der Waals surface area contributed by atoms with Crippen molar-refractivity contribution in [3.63, 3.8) is 0 Å². The Hall–Kier alpha value is -0.870. The molecular weight excluding hydrogens is 218 g/mol. The summed E-state index contributed by atoms with van der Waals surface area (Å²) < 4.78 is 4.70. The minimum atomic E-state index is -0.235. The van der Waals surface area contributed by atoms with Gasteiger partial charge in [-0.2, -0.15) is 0 Å². The van der Waals surface area contributed by atoms with Crippen LogP contribution in [-0.2, 0) is 9.53 Å². The molecule has 0 aliphatic heterocycles. The molecule has 0 aromatic rings. The molecule has 4 heteroatoms. The number of carbonyl (C=O) groups excluding carboxylic acids is 1. The van der Waals surface area contributed by atoms with Crippen LogP contribution in [0.3, 0.4) is 0 Å². The maximum absolute atomic E-state index is 11.3. The lowest BCUT2D eigenvalue weighted by Crippen LogP contribution is -2.20. The van der Waals surface area contributed by atoms with Crippen LogP contribution in [0.5, 0.6) is 0 Å². The zero-order valence-electron chi connectivity index (χ0n) is 11.2. The molecule has 0 atom stereocenters. The summed E-state index contributed by atoms with van der Waals surface area (Å²) in [6, 6.07) is 0. The first-order chi connectivity index (χ1) is 8.15. The van der Waals surface area contributed by atoms with Crippen LogP contribution in [0.15, 0.2) is 11.6 Å². The molecule has 0 radical (unpaired) electrons. The van der Waals surface area contributed by atoms with Crippen LogP contribution >= 0.6 is 0 Å². The van der Waals surface area contributed by atoms with E-state index in [1.807, 2.05) is 20.0 Å². The van der Waals surface area contributed by atoms with E-state index in [-0.39, 0.29) is 12.6 Å². The van der Waals surface area contributed by atoms with Gasteiger partial charge in [-0.15, -0.1) is 0 Å². The molecule has 0 saturated heterocycles. The highest BCUT2D eigenvalue weighted by Gasteiger charge is 2.06. The van der Waals surface area contributed by atoms with E-state index in [0.717, 1.165) is 37.9 Å². The summed E-state index contributed by atoms with van der Waals surface area (Å²) in [6.07, 6.45) is 5.61. The van der Waals surface area contributed by atoms with Gasteiger partial charge in [0.15, 0.2) is 0 Å². The summed E-state index contributed by atoms with van der Waals surface area (Å²) in [7, 11) is 3.43. The first kappa shape index (κ1) is 16.1. The predicted octanol–water partition coefficient (Wildman–Crippen LogP) is 1.59. The maximum atomic E-state index is 11.3. The minimum absolute atomic E-state index is 0.235. The van der Waals surface area contributed by atoms with Crippen LogP contribution in [-0.4, -0.2) is 49.8 Å². The lowest BCUT2D eigenvalue weighted by molar-refractivity contribution is -0.136. The lowest BCUT2D eigenvalue weighted by Gasteiger charge is -2.14. The van der Waals surface area contributed by atoms with Crippen molar-refractivity contribution >= 4 is 5.97 Å². The zero-order chi connectivity index (χ0) is 13.1. The SMILES string of the molecule is CCC(=CCN(C)CCCCCO)C(=O)OC. The Morgan fingerprint density at radius 1 is 1.35 bits per heavy atom. The second-order valence-electron chi connectivity index (χ2n) is 4.12. The first-order valence-corrected chi connectivity index (χ1v) is 6.22. The third-order valence-electron chi connectivity index (χ3n) is 2.68. The van der Waals surface area contributed by atoms with Gasteiger partial charge in [-0.05, 0) is 39.3 Å². The monoisotopic (exact) mass is 243 g/mol. The average Bonchev–Trinajstić information content (AvgIpc) is 2.35. The molecule has 0 bridgehead atoms. The van der Waals surface area contributed by atoms with Gasteiger partial charge in [-0.25, -0.2) is 4.79 Å². The molecule has 1 N–H and O–H groups in total. The van der Waals surface area contributed by atoms with Crippen LogP contribution < -0.4 is 0 Å². The van der Waals surface area contributed by atoms with Crippen LogP contribution in [0.25, 0.3) is 0 Å². The van der Waals surface area contributed by atoms with Gasteiger partial charge in [-0.3, -0.25) is 0 Å². The van der Waals surface area contributed by atoms with Gasteiger partial charge >= 0.3 is 5.97 Å². The summed E-state index contributed by atoms with van der Waals surface area (Å²) >= 11 is 0. The van der Waals surface area contributed by atoms with Crippen molar-refractivity contribution in [3.05, 3.63) is 11.6 Å². The van der Waals surface area contributed by atoms with Gasteiger partial charge in [0, 0.05) is 18.7 Å². The quantitative estimate of drug-likeness (QED) is 0.379. The van der Waals surface area contributed by atoms with Gasteiger partial charge in [-0.1, -0.05) is 13.0 Å². The smallest absolute Gasteiger partial charge is 0.333 e. The first-order valence-electron chi connectivity index (χ1n) is 6.22. The normalized spacial score (nSPS) is 11.9. The van der Waals surface area contributed by atoms with Crippen molar-refractivity contribution in [1.82, 2.24) is 4.90 Å². The van der Waals surface area contributed by atoms with Crippen molar-refractivity contribution in [1.29, 1.82) is 0 Å². The lowest BCUT2D eigenvalue weighted by atomic mass is 10.2. The highest BCUT2D eigenvalue weighted by molar-refractivity contribution is 5.88. The molecule has 0 aromatic heterocycles. The number of likely N-dealkylation sites (N-methyl/N-ethyl adjacent to an activating group) is 1. The van der Waals surface area contributed by atoms with Crippen molar-refractivity contribution < 1.29 is 14.6 Å². The van der Waals surface area contributed by atoms with Crippen LogP contribution in [0.4, 0.5) is 0 Å². The molecule has 100 valence electrons. The fourth-order valence-corrected chi connectivity index (χ4v) is 1.53. The summed E-state index contributed by atoms with van der Waals surface area (Å²) in [5.41, 5.74) is 0.731. The Labute approximate surface area is 104 Å². The summed E-state index contributed by atoms with van der Waals surface area (Å²) in [5, 5.41) is 8.65. The summed E-state index contributed by atoms with van der Waals surface area (Å²) in [6.45, 7) is 3.96. The molecule has 17 heavy (non-hydrogen) atoms. The van der Waals surface area contributed by atoms with Crippen molar-refractivity contribution in [2.75, 3.05) is 33.9 Å². The van der Waals surface area contributed by atoms with E-state index < -0.39 is 0 Å². The number of nitrogens with zero attached hydrogens (tertiary/aromatic N) is 1. The number of carbonyl (C=O) groups is 1. The van der Waals surface area contributed by atoms with Gasteiger partial charge in [0.1, 0.15) is 0 Å². The average molecular weight is 243 g/mol. The third kappa shape index (κ3) is 7.94. The van der Waals surface area contributed by atoms with Gasteiger partial charge in [0.2, 0.25) is 0 Å². The second-order valence-corrected chi connectivity index (χ2v) is 4.12. The Morgan fingerprint density at radius 2 is 2.06 bits per heavy atom. The molecular formula is C13H25NO3. The summed E-state index contributed by atoms with van der Waals surface area (Å²) in [4.78, 5) is 13.5. The third-order valence-corrected chi connectivity index (χ3v) is 2.68. The molecule has 0 spiro atoms. The van der Waals surface area contributed by atoms with E-state index in [2.05, 4.69) is 4.90 Å². The number of aliphatic hydroxyl groups is 1. The molecule has 4 nitrogen and oxygen atoms in total. The number of hydrogen-bond donors (Lipinski definition) is 1. The number of methoxy groups -OCH3 is 1. The predicted molar refractivity (Wildman–Crippen MR) is 68.8 cm³/mol. The summed E-state index contributed by atoms with van der Waals surface area (Å²) in [5.74, 6) is -0.235. The molecule has 0 aromatic carbocycles. The van der Waals surface area contributed by atoms with Gasteiger partial charge < -0.3 is 14.7 Å². The van der Waals surface area contributed by atoms with E-state index in [4.69, 9.17) is 9.84 Å².